The summed E-state index contributed by atoms with van der Waals surface area (Å²) in [6, 6.07) is 15.4. The normalized spacial score (nSPS) is 10.6. The molecule has 0 heterocycles. The molecule has 26 heavy (non-hydrogen) atoms. The van der Waals surface area contributed by atoms with Crippen LogP contribution >= 0.6 is 0 Å². The predicted octanol–water partition coefficient (Wildman–Crippen LogP) is 3.42. The van der Waals surface area contributed by atoms with Gasteiger partial charge in [-0.05, 0) is 55.0 Å². The molecule has 0 aliphatic carbocycles. The van der Waals surface area contributed by atoms with Crippen molar-refractivity contribution in [1.29, 1.82) is 5.26 Å². The first-order valence-corrected chi connectivity index (χ1v) is 7.91. The van der Waals surface area contributed by atoms with Crippen molar-refractivity contribution in [2.75, 3.05) is 19.0 Å². The van der Waals surface area contributed by atoms with E-state index in [1.54, 1.807) is 62.6 Å². The summed E-state index contributed by atoms with van der Waals surface area (Å²) in [7, 11) is 1.56. The molecule has 1 amide bonds. The monoisotopic (exact) mass is 350 g/mol. The number of nitriles is 1. The summed E-state index contributed by atoms with van der Waals surface area (Å²) in [5.74, 6) is -0.293. The highest BCUT2D eigenvalue weighted by Gasteiger charge is 2.10. The number of anilines is 1. The molecule has 2 rings (SSSR count). The highest BCUT2D eigenvalue weighted by molar-refractivity contribution is 6.04. The van der Waals surface area contributed by atoms with Crippen molar-refractivity contribution in [2.45, 2.75) is 6.92 Å². The Bertz CT molecular complexity index is 864. The molecule has 0 aliphatic rings. The predicted molar refractivity (Wildman–Crippen MR) is 97.6 cm³/mol. The molecular formula is C20H18N2O4. The zero-order chi connectivity index (χ0) is 18.9. The van der Waals surface area contributed by atoms with Gasteiger partial charge in [0.1, 0.15) is 17.4 Å². The van der Waals surface area contributed by atoms with Crippen LogP contribution in [0.1, 0.15) is 22.8 Å². The Balaban J connectivity index is 2.16. The van der Waals surface area contributed by atoms with Crippen LogP contribution in [0.3, 0.4) is 0 Å². The summed E-state index contributed by atoms with van der Waals surface area (Å²) in [4.78, 5) is 24.0. The number of benzene rings is 2. The smallest absolute Gasteiger partial charge is 0.348 e. The second-order valence-corrected chi connectivity index (χ2v) is 5.20. The first kappa shape index (κ1) is 18.7. The first-order valence-electron chi connectivity index (χ1n) is 7.91. The Labute approximate surface area is 151 Å². The van der Waals surface area contributed by atoms with Crippen LogP contribution in [0.15, 0.2) is 54.1 Å². The van der Waals surface area contributed by atoms with E-state index in [4.69, 9.17) is 14.7 Å². The van der Waals surface area contributed by atoms with Gasteiger partial charge in [0.05, 0.1) is 13.7 Å². The van der Waals surface area contributed by atoms with Crippen LogP contribution in [0.4, 0.5) is 5.69 Å². The van der Waals surface area contributed by atoms with Gasteiger partial charge in [0.2, 0.25) is 0 Å². The second-order valence-electron chi connectivity index (χ2n) is 5.20. The summed E-state index contributed by atoms with van der Waals surface area (Å²) in [6.45, 7) is 1.86. The molecule has 0 aromatic heterocycles. The number of nitrogens with one attached hydrogen (secondary N) is 1. The van der Waals surface area contributed by atoms with E-state index in [2.05, 4.69) is 5.32 Å². The number of hydrogen-bond acceptors (Lipinski definition) is 5. The fourth-order valence-corrected chi connectivity index (χ4v) is 2.16. The lowest BCUT2D eigenvalue weighted by Gasteiger charge is -2.07. The molecule has 0 saturated carbocycles. The van der Waals surface area contributed by atoms with Crippen LogP contribution in [0.5, 0.6) is 5.75 Å². The number of rotatable bonds is 6. The summed E-state index contributed by atoms with van der Waals surface area (Å²) in [6.07, 6.45) is 1.42. The summed E-state index contributed by atoms with van der Waals surface area (Å²) < 4.78 is 9.89. The fraction of sp³-hybridized carbons (Fsp3) is 0.150. The lowest BCUT2D eigenvalue weighted by Crippen LogP contribution is -2.11. The topological polar surface area (TPSA) is 88.4 Å². The molecule has 6 heteroatoms. The molecule has 0 bridgehead atoms. The lowest BCUT2D eigenvalue weighted by atomic mass is 10.1. The molecule has 2 aromatic rings. The highest BCUT2D eigenvalue weighted by Crippen LogP contribution is 2.17. The average Bonchev–Trinajstić information content (AvgIpc) is 2.66. The van der Waals surface area contributed by atoms with E-state index in [1.165, 1.54) is 6.08 Å². The zero-order valence-electron chi connectivity index (χ0n) is 14.5. The van der Waals surface area contributed by atoms with Crippen molar-refractivity contribution in [1.82, 2.24) is 0 Å². The quantitative estimate of drug-likeness (QED) is 0.490. The lowest BCUT2D eigenvalue weighted by molar-refractivity contribution is -0.137. The zero-order valence-corrected chi connectivity index (χ0v) is 14.5. The SMILES string of the molecule is CCOC(=O)/C(C#N)=C/c1cccc(NC(=O)c2ccc(OC)cc2)c1. The fourth-order valence-electron chi connectivity index (χ4n) is 2.16. The Morgan fingerprint density at radius 2 is 1.92 bits per heavy atom. The van der Waals surface area contributed by atoms with Gasteiger partial charge in [-0.15, -0.1) is 0 Å². The number of esters is 1. The molecule has 0 aliphatic heterocycles. The van der Waals surface area contributed by atoms with E-state index in [0.717, 1.165) is 0 Å². The molecule has 1 N–H and O–H groups in total. The molecule has 2 aromatic carbocycles. The van der Waals surface area contributed by atoms with E-state index < -0.39 is 5.97 Å². The van der Waals surface area contributed by atoms with Gasteiger partial charge in [0, 0.05) is 11.3 Å². The number of carbonyl (C=O) groups excluding carboxylic acids is 2. The molecule has 6 nitrogen and oxygen atoms in total. The van der Waals surface area contributed by atoms with E-state index in [-0.39, 0.29) is 18.1 Å². The Morgan fingerprint density at radius 1 is 1.19 bits per heavy atom. The van der Waals surface area contributed by atoms with Crippen LogP contribution < -0.4 is 10.1 Å². The number of methoxy groups -OCH3 is 1. The molecule has 0 fully saturated rings. The van der Waals surface area contributed by atoms with Gasteiger partial charge >= 0.3 is 5.97 Å². The molecule has 0 unspecified atom stereocenters. The number of hydrogen-bond donors (Lipinski definition) is 1. The van der Waals surface area contributed by atoms with Crippen LogP contribution in [0.25, 0.3) is 6.08 Å². The van der Waals surface area contributed by atoms with Gasteiger partial charge in [-0.3, -0.25) is 4.79 Å². The van der Waals surface area contributed by atoms with Gasteiger partial charge in [-0.25, -0.2) is 4.79 Å². The molecular weight excluding hydrogens is 332 g/mol. The van der Waals surface area contributed by atoms with E-state index in [9.17, 15) is 9.59 Å². The molecule has 0 saturated heterocycles. The summed E-state index contributed by atoms with van der Waals surface area (Å²) in [5, 5.41) is 11.9. The van der Waals surface area contributed by atoms with Crippen LogP contribution in [-0.4, -0.2) is 25.6 Å². The van der Waals surface area contributed by atoms with Crippen LogP contribution in [0, 0.1) is 11.3 Å². The number of carbonyl (C=O) groups is 2. The Kier molecular flexibility index (Phi) is 6.52. The molecule has 0 atom stereocenters. The third-order valence-electron chi connectivity index (χ3n) is 3.42. The van der Waals surface area contributed by atoms with Crippen molar-refractivity contribution < 1.29 is 19.1 Å². The third-order valence-corrected chi connectivity index (χ3v) is 3.42. The maximum atomic E-state index is 12.3. The Morgan fingerprint density at radius 3 is 2.54 bits per heavy atom. The number of nitrogens with zero attached hydrogens (tertiary/aromatic N) is 1. The molecule has 0 spiro atoms. The Hall–Kier alpha value is -3.59. The van der Waals surface area contributed by atoms with Crippen molar-refractivity contribution in [3.8, 4) is 11.8 Å². The minimum absolute atomic E-state index is 0.106. The molecule has 132 valence electrons. The third kappa shape index (κ3) is 4.95. The minimum atomic E-state index is -0.678. The van der Waals surface area contributed by atoms with E-state index in [1.807, 2.05) is 6.07 Å². The van der Waals surface area contributed by atoms with Gasteiger partial charge in [0.25, 0.3) is 5.91 Å². The summed E-state index contributed by atoms with van der Waals surface area (Å²) >= 11 is 0. The first-order chi connectivity index (χ1) is 12.6. The van der Waals surface area contributed by atoms with Gasteiger partial charge in [-0.2, -0.15) is 5.26 Å². The highest BCUT2D eigenvalue weighted by atomic mass is 16.5. The number of ether oxygens (including phenoxy) is 2. The standard InChI is InChI=1S/C20H18N2O4/c1-3-26-20(24)16(13-21)11-14-5-4-6-17(12-14)22-19(23)15-7-9-18(25-2)10-8-15/h4-12H,3H2,1-2H3,(H,22,23)/b16-11+. The van der Waals surface area contributed by atoms with E-state index in [0.29, 0.717) is 22.6 Å². The van der Waals surface area contributed by atoms with Gasteiger partial charge < -0.3 is 14.8 Å². The van der Waals surface area contributed by atoms with E-state index >= 15 is 0 Å². The van der Waals surface area contributed by atoms with Crippen molar-refractivity contribution in [2.24, 2.45) is 0 Å². The molecule has 0 radical (unpaired) electrons. The van der Waals surface area contributed by atoms with Crippen molar-refractivity contribution in [3.05, 3.63) is 65.2 Å². The van der Waals surface area contributed by atoms with Crippen molar-refractivity contribution >= 4 is 23.6 Å². The minimum Gasteiger partial charge on any atom is -0.497 e. The van der Waals surface area contributed by atoms with Crippen molar-refractivity contribution in [3.63, 3.8) is 0 Å². The number of amides is 1. The van der Waals surface area contributed by atoms with Crippen LogP contribution in [0.2, 0.25) is 0 Å². The average molecular weight is 350 g/mol. The second kappa shape index (κ2) is 9.04. The largest absolute Gasteiger partial charge is 0.497 e. The summed E-state index contributed by atoms with van der Waals surface area (Å²) in [5.41, 5.74) is 1.52. The maximum absolute atomic E-state index is 12.3. The van der Waals surface area contributed by atoms with Crippen LogP contribution in [-0.2, 0) is 9.53 Å². The van der Waals surface area contributed by atoms with Gasteiger partial charge in [0.15, 0.2) is 0 Å². The maximum Gasteiger partial charge on any atom is 0.348 e. The van der Waals surface area contributed by atoms with Gasteiger partial charge in [-0.1, -0.05) is 12.1 Å².